The second kappa shape index (κ2) is 5.39. The van der Waals surface area contributed by atoms with E-state index in [1.165, 1.54) is 12.1 Å². The van der Waals surface area contributed by atoms with Crippen LogP contribution in [0.1, 0.15) is 12.0 Å². The van der Waals surface area contributed by atoms with Crippen molar-refractivity contribution in [2.75, 3.05) is 5.33 Å². The molecule has 1 aromatic carbocycles. The van der Waals surface area contributed by atoms with Crippen LogP contribution in [0, 0.1) is 0 Å². The average Bonchev–Trinajstić information content (AvgIpc) is 2.14. The van der Waals surface area contributed by atoms with Crippen LogP contribution in [0.15, 0.2) is 24.3 Å². The fraction of sp³-hybridized carbons (Fsp3) is 0.400. The molecule has 0 fully saturated rings. The number of hydrogen-bond acceptors (Lipinski definition) is 1. The van der Waals surface area contributed by atoms with Crippen molar-refractivity contribution in [2.45, 2.75) is 19.2 Å². The van der Waals surface area contributed by atoms with Gasteiger partial charge in [-0.05, 0) is 30.5 Å². The zero-order chi connectivity index (χ0) is 11.3. The molecule has 0 aliphatic rings. The first-order valence-corrected chi connectivity index (χ1v) is 5.54. The molecule has 5 heteroatoms. The largest absolute Gasteiger partial charge is 0.573 e. The minimum atomic E-state index is -4.61. The summed E-state index contributed by atoms with van der Waals surface area (Å²) in [4.78, 5) is 0. The normalized spacial score (nSPS) is 11.5. The van der Waals surface area contributed by atoms with Crippen LogP contribution in [0.3, 0.4) is 0 Å². The molecule has 1 nitrogen and oxygen atoms in total. The molecule has 0 atom stereocenters. The number of ether oxygens (including phenoxy) is 1. The molecular weight excluding hydrogens is 273 g/mol. The maximum atomic E-state index is 11.8. The number of hydrogen-bond donors (Lipinski definition) is 0. The van der Waals surface area contributed by atoms with E-state index in [1.54, 1.807) is 12.1 Å². The molecule has 0 heterocycles. The minimum Gasteiger partial charge on any atom is -0.406 e. The second-order valence-corrected chi connectivity index (χ2v) is 3.78. The summed E-state index contributed by atoms with van der Waals surface area (Å²) in [5.74, 6) is -0.176. The van der Waals surface area contributed by atoms with E-state index in [2.05, 4.69) is 20.7 Å². The molecule has 0 radical (unpaired) electrons. The third kappa shape index (κ3) is 5.06. The van der Waals surface area contributed by atoms with Gasteiger partial charge in [0.15, 0.2) is 0 Å². The van der Waals surface area contributed by atoms with Crippen LogP contribution in [0.25, 0.3) is 0 Å². The summed E-state index contributed by atoms with van der Waals surface area (Å²) in [5.41, 5.74) is 1.00. The molecule has 1 rings (SSSR count). The highest BCUT2D eigenvalue weighted by Crippen LogP contribution is 2.22. The van der Waals surface area contributed by atoms with Crippen molar-refractivity contribution in [1.82, 2.24) is 0 Å². The quantitative estimate of drug-likeness (QED) is 0.761. The molecule has 1 aromatic rings. The molecule has 0 spiro atoms. The summed E-state index contributed by atoms with van der Waals surface area (Å²) in [6.07, 6.45) is -2.81. The average molecular weight is 283 g/mol. The summed E-state index contributed by atoms with van der Waals surface area (Å²) in [6.45, 7) is 0. The monoisotopic (exact) mass is 282 g/mol. The summed E-state index contributed by atoms with van der Waals surface area (Å²) in [6, 6.07) is 5.95. The Morgan fingerprint density at radius 3 is 2.20 bits per heavy atom. The Hall–Kier alpha value is -0.710. The van der Waals surface area contributed by atoms with Gasteiger partial charge < -0.3 is 4.74 Å². The standard InChI is InChI=1S/C10H10BrF3O/c11-7-1-2-8-3-5-9(6-4-8)15-10(12,13)14/h3-6H,1-2,7H2. The van der Waals surface area contributed by atoms with Crippen molar-refractivity contribution in [2.24, 2.45) is 0 Å². The van der Waals surface area contributed by atoms with Gasteiger partial charge in [-0.3, -0.25) is 0 Å². The van der Waals surface area contributed by atoms with E-state index in [1.807, 2.05) is 0 Å². The highest BCUT2D eigenvalue weighted by molar-refractivity contribution is 9.09. The molecule has 15 heavy (non-hydrogen) atoms. The number of benzene rings is 1. The van der Waals surface area contributed by atoms with Gasteiger partial charge in [0.2, 0.25) is 0 Å². The summed E-state index contributed by atoms with van der Waals surface area (Å²) in [7, 11) is 0. The molecule has 0 amide bonds. The van der Waals surface area contributed by atoms with Gasteiger partial charge >= 0.3 is 6.36 Å². The van der Waals surface area contributed by atoms with Crippen molar-refractivity contribution < 1.29 is 17.9 Å². The molecule has 0 N–H and O–H groups in total. The molecular formula is C10H10BrF3O. The Kier molecular flexibility index (Phi) is 4.45. The van der Waals surface area contributed by atoms with Crippen LogP contribution < -0.4 is 4.74 Å². The fourth-order valence-corrected chi connectivity index (χ4v) is 1.41. The van der Waals surface area contributed by atoms with Gasteiger partial charge in [0, 0.05) is 5.33 Å². The van der Waals surface area contributed by atoms with Crippen LogP contribution in [-0.2, 0) is 6.42 Å². The fourth-order valence-electron chi connectivity index (χ4n) is 1.13. The van der Waals surface area contributed by atoms with Crippen molar-refractivity contribution >= 4 is 15.9 Å². The first kappa shape index (κ1) is 12.4. The zero-order valence-corrected chi connectivity index (χ0v) is 9.44. The van der Waals surface area contributed by atoms with Crippen molar-refractivity contribution in [3.63, 3.8) is 0 Å². The highest BCUT2D eigenvalue weighted by atomic mass is 79.9. The second-order valence-electron chi connectivity index (χ2n) is 2.98. The Morgan fingerprint density at radius 2 is 1.73 bits per heavy atom. The Balaban J connectivity index is 2.56. The lowest BCUT2D eigenvalue weighted by Crippen LogP contribution is -2.17. The van der Waals surface area contributed by atoms with Gasteiger partial charge in [-0.25, -0.2) is 0 Å². The molecule has 0 aliphatic heterocycles. The lowest BCUT2D eigenvalue weighted by atomic mass is 10.1. The number of halogens is 4. The Labute approximate surface area is 94.4 Å². The van der Waals surface area contributed by atoms with Crippen molar-refractivity contribution in [3.8, 4) is 5.75 Å². The third-order valence-electron chi connectivity index (χ3n) is 1.76. The van der Waals surface area contributed by atoms with Crippen molar-refractivity contribution in [3.05, 3.63) is 29.8 Å². The smallest absolute Gasteiger partial charge is 0.406 e. The molecule has 84 valence electrons. The van der Waals surface area contributed by atoms with Crippen LogP contribution in [-0.4, -0.2) is 11.7 Å². The molecule has 0 aromatic heterocycles. The van der Waals surface area contributed by atoms with Crippen LogP contribution in [0.4, 0.5) is 13.2 Å². The lowest BCUT2D eigenvalue weighted by Gasteiger charge is -2.08. The van der Waals surface area contributed by atoms with Gasteiger partial charge in [-0.1, -0.05) is 28.1 Å². The topological polar surface area (TPSA) is 9.23 Å². The molecule has 0 unspecified atom stereocenters. The molecule has 0 saturated heterocycles. The van der Waals surface area contributed by atoms with E-state index < -0.39 is 6.36 Å². The van der Waals surface area contributed by atoms with Gasteiger partial charge in [-0.15, -0.1) is 13.2 Å². The summed E-state index contributed by atoms with van der Waals surface area (Å²) >= 11 is 3.29. The first-order chi connectivity index (χ1) is 7.01. The van der Waals surface area contributed by atoms with Crippen molar-refractivity contribution in [1.29, 1.82) is 0 Å². The maximum Gasteiger partial charge on any atom is 0.573 e. The Bertz CT molecular complexity index is 295. The number of rotatable bonds is 4. The third-order valence-corrected chi connectivity index (χ3v) is 2.32. The Morgan fingerprint density at radius 1 is 1.13 bits per heavy atom. The lowest BCUT2D eigenvalue weighted by molar-refractivity contribution is -0.274. The van der Waals surface area contributed by atoms with Gasteiger partial charge in [-0.2, -0.15) is 0 Å². The molecule has 0 saturated carbocycles. The minimum absolute atomic E-state index is 0.176. The van der Waals surface area contributed by atoms with E-state index in [0.717, 1.165) is 23.7 Å². The molecule has 0 bridgehead atoms. The van der Waals surface area contributed by atoms with E-state index in [4.69, 9.17) is 0 Å². The van der Waals surface area contributed by atoms with Crippen LogP contribution >= 0.6 is 15.9 Å². The van der Waals surface area contributed by atoms with Gasteiger partial charge in [0.05, 0.1) is 0 Å². The zero-order valence-electron chi connectivity index (χ0n) is 7.85. The van der Waals surface area contributed by atoms with Gasteiger partial charge in [0.1, 0.15) is 5.75 Å². The van der Waals surface area contributed by atoms with E-state index in [9.17, 15) is 13.2 Å². The first-order valence-electron chi connectivity index (χ1n) is 4.42. The molecule has 0 aliphatic carbocycles. The number of aryl methyl sites for hydroxylation is 1. The van der Waals surface area contributed by atoms with Crippen LogP contribution in [0.5, 0.6) is 5.75 Å². The van der Waals surface area contributed by atoms with Crippen LogP contribution in [0.2, 0.25) is 0 Å². The van der Waals surface area contributed by atoms with E-state index in [0.29, 0.717) is 0 Å². The highest BCUT2D eigenvalue weighted by Gasteiger charge is 2.30. The number of alkyl halides is 4. The van der Waals surface area contributed by atoms with E-state index in [-0.39, 0.29) is 5.75 Å². The van der Waals surface area contributed by atoms with Gasteiger partial charge in [0.25, 0.3) is 0 Å². The summed E-state index contributed by atoms with van der Waals surface area (Å²) in [5, 5.41) is 0.883. The SMILES string of the molecule is FC(F)(F)Oc1ccc(CCCBr)cc1. The maximum absolute atomic E-state index is 11.8. The summed E-state index contributed by atoms with van der Waals surface area (Å²) < 4.78 is 39.2. The predicted octanol–water partition coefficient (Wildman–Crippen LogP) is 3.91. The van der Waals surface area contributed by atoms with E-state index >= 15 is 0 Å². The predicted molar refractivity (Wildman–Crippen MR) is 55.2 cm³/mol.